The van der Waals surface area contributed by atoms with Crippen LogP contribution in [0.5, 0.6) is 0 Å². The van der Waals surface area contributed by atoms with Crippen LogP contribution in [0.2, 0.25) is 0 Å². The molecule has 158 valence electrons. The Morgan fingerprint density at radius 1 is 1.03 bits per heavy atom. The molecule has 0 unspecified atom stereocenters. The highest BCUT2D eigenvalue weighted by Gasteiger charge is 2.37. The molecule has 30 heavy (non-hydrogen) atoms. The highest BCUT2D eigenvalue weighted by Crippen LogP contribution is 2.31. The molecule has 1 atom stereocenters. The Balaban J connectivity index is 1.44. The van der Waals surface area contributed by atoms with Gasteiger partial charge in [0.25, 0.3) is 0 Å². The number of carbonyl (C=O) groups excluding carboxylic acids is 2. The van der Waals surface area contributed by atoms with Crippen molar-refractivity contribution in [3.63, 3.8) is 0 Å². The van der Waals surface area contributed by atoms with Gasteiger partial charge in [0.2, 0.25) is 11.8 Å². The molecule has 0 radical (unpaired) electrons. The average Bonchev–Trinajstić information content (AvgIpc) is 3.60. The molecule has 5 nitrogen and oxygen atoms in total. The standard InChI is InChI=1S/C24H27FN2O3/c25-21-8-4-7-19(13-21)17-30-22-14-26(12-11-18-5-2-1-3-6-18)23(28)16-27(15-22)24(29)20-9-10-20/h1-8,13,20,22H,9-12,14-17H2/t22-/m0/s1. The molecule has 0 bridgehead atoms. The van der Waals surface area contributed by atoms with Crippen LogP contribution in [0, 0.1) is 11.7 Å². The van der Waals surface area contributed by atoms with Crippen LogP contribution in [0.3, 0.4) is 0 Å². The molecular weight excluding hydrogens is 383 g/mol. The maximum Gasteiger partial charge on any atom is 0.242 e. The highest BCUT2D eigenvalue weighted by atomic mass is 19.1. The van der Waals surface area contributed by atoms with E-state index in [1.54, 1.807) is 15.9 Å². The molecule has 2 aliphatic rings. The fourth-order valence-electron chi connectivity index (χ4n) is 3.81. The second-order valence-corrected chi connectivity index (χ2v) is 8.13. The monoisotopic (exact) mass is 410 g/mol. The summed E-state index contributed by atoms with van der Waals surface area (Å²) in [4.78, 5) is 29.0. The Morgan fingerprint density at radius 3 is 2.53 bits per heavy atom. The predicted octanol–water partition coefficient (Wildman–Crippen LogP) is 3.03. The van der Waals surface area contributed by atoms with Gasteiger partial charge in [-0.25, -0.2) is 4.39 Å². The minimum absolute atomic E-state index is 0.0446. The van der Waals surface area contributed by atoms with Gasteiger partial charge in [-0.2, -0.15) is 0 Å². The van der Waals surface area contributed by atoms with Gasteiger partial charge in [-0.15, -0.1) is 0 Å². The number of halogens is 1. The summed E-state index contributed by atoms with van der Waals surface area (Å²) >= 11 is 0. The van der Waals surface area contributed by atoms with Gasteiger partial charge in [0.1, 0.15) is 5.82 Å². The van der Waals surface area contributed by atoms with Crippen LogP contribution in [0.25, 0.3) is 0 Å². The summed E-state index contributed by atoms with van der Waals surface area (Å²) in [6, 6.07) is 16.3. The number of nitrogens with zero attached hydrogens (tertiary/aromatic N) is 2. The van der Waals surface area contributed by atoms with Crippen molar-refractivity contribution in [1.29, 1.82) is 0 Å². The van der Waals surface area contributed by atoms with E-state index in [1.807, 2.05) is 36.4 Å². The molecule has 0 aromatic heterocycles. The first-order chi connectivity index (χ1) is 14.6. The van der Waals surface area contributed by atoms with Crippen molar-refractivity contribution in [2.75, 3.05) is 26.2 Å². The summed E-state index contributed by atoms with van der Waals surface area (Å²) in [5, 5.41) is 0. The lowest BCUT2D eigenvalue weighted by Gasteiger charge is -2.25. The molecule has 1 aliphatic heterocycles. The predicted molar refractivity (Wildman–Crippen MR) is 111 cm³/mol. The zero-order valence-corrected chi connectivity index (χ0v) is 17.0. The summed E-state index contributed by atoms with van der Waals surface area (Å²) in [7, 11) is 0. The van der Waals surface area contributed by atoms with Crippen LogP contribution in [0.4, 0.5) is 4.39 Å². The molecule has 2 aromatic carbocycles. The molecule has 4 rings (SSSR count). The van der Waals surface area contributed by atoms with E-state index < -0.39 is 0 Å². The zero-order valence-electron chi connectivity index (χ0n) is 17.0. The summed E-state index contributed by atoms with van der Waals surface area (Å²) in [6.07, 6.45) is 2.24. The first kappa shape index (κ1) is 20.5. The van der Waals surface area contributed by atoms with Gasteiger partial charge in [-0.05, 0) is 42.5 Å². The molecule has 2 fully saturated rings. The second kappa shape index (κ2) is 9.39. The molecule has 0 spiro atoms. The summed E-state index contributed by atoms with van der Waals surface area (Å²) < 4.78 is 19.5. The van der Waals surface area contributed by atoms with Crippen molar-refractivity contribution < 1.29 is 18.7 Å². The average molecular weight is 410 g/mol. The number of amides is 2. The van der Waals surface area contributed by atoms with Gasteiger partial charge >= 0.3 is 0 Å². The van der Waals surface area contributed by atoms with Crippen LogP contribution in [0.1, 0.15) is 24.0 Å². The maximum absolute atomic E-state index is 13.5. The SMILES string of the molecule is O=C1CN(C(=O)C2CC2)C[C@@H](OCc2cccc(F)c2)CN1CCc1ccccc1. The third-order valence-corrected chi connectivity index (χ3v) is 5.65. The van der Waals surface area contributed by atoms with E-state index in [2.05, 4.69) is 0 Å². The largest absolute Gasteiger partial charge is 0.370 e. The van der Waals surface area contributed by atoms with E-state index in [0.717, 1.165) is 30.4 Å². The topological polar surface area (TPSA) is 49.9 Å². The lowest BCUT2D eigenvalue weighted by molar-refractivity contribution is -0.139. The molecule has 1 heterocycles. The number of ether oxygens (including phenoxy) is 1. The number of hydrogen-bond donors (Lipinski definition) is 0. The molecular formula is C24H27FN2O3. The Labute approximate surface area is 176 Å². The van der Waals surface area contributed by atoms with E-state index in [-0.39, 0.29) is 42.8 Å². The second-order valence-electron chi connectivity index (χ2n) is 8.13. The van der Waals surface area contributed by atoms with Crippen LogP contribution in [0.15, 0.2) is 54.6 Å². The molecule has 0 N–H and O–H groups in total. The van der Waals surface area contributed by atoms with Crippen molar-refractivity contribution in [3.8, 4) is 0 Å². The molecule has 2 aromatic rings. The van der Waals surface area contributed by atoms with Crippen LogP contribution >= 0.6 is 0 Å². The number of benzene rings is 2. The number of rotatable bonds is 7. The maximum atomic E-state index is 13.5. The molecule has 1 saturated carbocycles. The summed E-state index contributed by atoms with van der Waals surface area (Å²) in [6.45, 7) is 1.74. The van der Waals surface area contributed by atoms with E-state index >= 15 is 0 Å². The third kappa shape index (κ3) is 5.45. The normalized spacial score (nSPS) is 19.6. The van der Waals surface area contributed by atoms with Crippen molar-refractivity contribution in [2.45, 2.75) is 32.0 Å². The van der Waals surface area contributed by atoms with E-state index in [0.29, 0.717) is 19.6 Å². The molecule has 1 aliphatic carbocycles. The van der Waals surface area contributed by atoms with Gasteiger partial charge in [0.05, 0.1) is 19.3 Å². The van der Waals surface area contributed by atoms with Crippen molar-refractivity contribution in [2.24, 2.45) is 5.92 Å². The fraction of sp³-hybridized carbons (Fsp3) is 0.417. The minimum atomic E-state index is -0.307. The van der Waals surface area contributed by atoms with E-state index in [4.69, 9.17) is 4.74 Å². The fourth-order valence-corrected chi connectivity index (χ4v) is 3.81. The molecule has 1 saturated heterocycles. The van der Waals surface area contributed by atoms with E-state index in [9.17, 15) is 14.0 Å². The first-order valence-electron chi connectivity index (χ1n) is 10.5. The summed E-state index contributed by atoms with van der Waals surface area (Å²) in [5.74, 6) is -0.246. The Morgan fingerprint density at radius 2 is 1.80 bits per heavy atom. The van der Waals surface area contributed by atoms with Crippen LogP contribution < -0.4 is 0 Å². The van der Waals surface area contributed by atoms with Crippen LogP contribution in [-0.2, 0) is 27.4 Å². The third-order valence-electron chi connectivity index (χ3n) is 5.65. The van der Waals surface area contributed by atoms with Gasteiger partial charge in [-0.3, -0.25) is 9.59 Å². The summed E-state index contributed by atoms with van der Waals surface area (Å²) in [5.41, 5.74) is 1.90. The van der Waals surface area contributed by atoms with Crippen molar-refractivity contribution in [1.82, 2.24) is 9.80 Å². The zero-order chi connectivity index (χ0) is 20.9. The van der Waals surface area contributed by atoms with Gasteiger partial charge in [0.15, 0.2) is 0 Å². The van der Waals surface area contributed by atoms with Gasteiger partial charge in [0, 0.05) is 25.6 Å². The molecule has 6 heteroatoms. The minimum Gasteiger partial charge on any atom is -0.370 e. The highest BCUT2D eigenvalue weighted by molar-refractivity contribution is 5.87. The quantitative estimate of drug-likeness (QED) is 0.705. The molecule has 2 amide bonds. The van der Waals surface area contributed by atoms with Crippen LogP contribution in [-0.4, -0.2) is 53.9 Å². The number of carbonyl (C=O) groups is 2. The van der Waals surface area contributed by atoms with Gasteiger partial charge < -0.3 is 14.5 Å². The lowest BCUT2D eigenvalue weighted by Crippen LogP contribution is -2.40. The smallest absolute Gasteiger partial charge is 0.242 e. The number of hydrogen-bond acceptors (Lipinski definition) is 3. The van der Waals surface area contributed by atoms with Crippen molar-refractivity contribution in [3.05, 3.63) is 71.5 Å². The first-order valence-corrected chi connectivity index (χ1v) is 10.5. The van der Waals surface area contributed by atoms with Gasteiger partial charge in [-0.1, -0.05) is 42.5 Å². The van der Waals surface area contributed by atoms with E-state index in [1.165, 1.54) is 12.1 Å². The Kier molecular flexibility index (Phi) is 6.43. The Hall–Kier alpha value is -2.73. The Bertz CT molecular complexity index is 885. The lowest BCUT2D eigenvalue weighted by atomic mass is 10.1. The van der Waals surface area contributed by atoms with Crippen molar-refractivity contribution >= 4 is 11.8 Å².